The molecular weight excluding hydrogens is 414 g/mol. The van der Waals surface area contributed by atoms with Crippen molar-refractivity contribution < 1.29 is 9.59 Å². The fourth-order valence-electron chi connectivity index (χ4n) is 2.99. The van der Waals surface area contributed by atoms with E-state index in [1.807, 2.05) is 61.1 Å². The summed E-state index contributed by atoms with van der Waals surface area (Å²) in [7, 11) is 1.83. The highest BCUT2D eigenvalue weighted by molar-refractivity contribution is 7.98. The van der Waals surface area contributed by atoms with Crippen molar-refractivity contribution >= 4 is 40.5 Å². The largest absolute Gasteiger partial charge is 0.388 e. The summed E-state index contributed by atoms with van der Waals surface area (Å²) in [4.78, 5) is 30.2. The zero-order valence-corrected chi connectivity index (χ0v) is 18.7. The van der Waals surface area contributed by atoms with Crippen molar-refractivity contribution in [2.24, 2.45) is 0 Å². The number of anilines is 1. The van der Waals surface area contributed by atoms with Crippen LogP contribution in [0.15, 0.2) is 60.0 Å². The molecule has 30 heavy (non-hydrogen) atoms. The molecule has 2 aromatic carbocycles. The molecule has 3 rings (SSSR count). The van der Waals surface area contributed by atoms with E-state index in [1.54, 1.807) is 23.9 Å². The number of carbonyl (C=O) groups excluding carboxylic acids is 2. The summed E-state index contributed by atoms with van der Waals surface area (Å²) in [6.07, 6.45) is 2.81. The van der Waals surface area contributed by atoms with Crippen LogP contribution in [0.5, 0.6) is 0 Å². The summed E-state index contributed by atoms with van der Waals surface area (Å²) in [5.41, 5.74) is 3.37. The number of nitrogens with one attached hydrogen (secondary N) is 2. The van der Waals surface area contributed by atoms with Crippen LogP contribution < -0.4 is 10.6 Å². The van der Waals surface area contributed by atoms with Crippen LogP contribution in [0.25, 0.3) is 11.3 Å². The molecule has 5 nitrogen and oxygen atoms in total. The van der Waals surface area contributed by atoms with E-state index in [0.717, 1.165) is 27.7 Å². The van der Waals surface area contributed by atoms with Gasteiger partial charge in [-0.25, -0.2) is 4.98 Å². The highest BCUT2D eigenvalue weighted by Gasteiger charge is 2.22. The molecule has 3 aromatic rings. The Morgan fingerprint density at radius 1 is 1.10 bits per heavy atom. The van der Waals surface area contributed by atoms with Crippen molar-refractivity contribution in [3.63, 3.8) is 0 Å². The summed E-state index contributed by atoms with van der Waals surface area (Å²) in [5.74, 6) is 0.544. The molecule has 0 fully saturated rings. The van der Waals surface area contributed by atoms with Crippen molar-refractivity contribution in [1.82, 2.24) is 10.3 Å². The predicted octanol–water partition coefficient (Wildman–Crippen LogP) is 4.52. The van der Waals surface area contributed by atoms with Crippen LogP contribution >= 0.6 is 23.1 Å². The number of nitrogens with zero attached hydrogens (tertiary/aromatic N) is 1. The molecule has 7 heteroatoms. The highest BCUT2D eigenvalue weighted by atomic mass is 32.2. The molecule has 0 aliphatic carbocycles. The lowest BCUT2D eigenvalue weighted by atomic mass is 10.1. The normalized spacial score (nSPS) is 11.7. The zero-order chi connectivity index (χ0) is 21.3. The molecule has 0 saturated carbocycles. The number of benzene rings is 2. The van der Waals surface area contributed by atoms with Gasteiger partial charge in [0, 0.05) is 29.2 Å². The van der Waals surface area contributed by atoms with Crippen molar-refractivity contribution in [1.29, 1.82) is 0 Å². The van der Waals surface area contributed by atoms with Gasteiger partial charge >= 0.3 is 0 Å². The first kappa shape index (κ1) is 22.1. The SMILES string of the molecule is CNc1ccc(C(=O)N[C@@H](CCSC)C(=O)Cc2nc(-c3ccccc3)cs2)cc1. The average molecular weight is 440 g/mol. The van der Waals surface area contributed by atoms with Crippen LogP contribution in [0.2, 0.25) is 0 Å². The second-order valence-electron chi connectivity index (χ2n) is 6.77. The third-order valence-corrected chi connectivity index (χ3v) is 6.18. The third kappa shape index (κ3) is 5.93. The Morgan fingerprint density at radius 3 is 2.50 bits per heavy atom. The van der Waals surface area contributed by atoms with Crippen molar-refractivity contribution in [2.45, 2.75) is 18.9 Å². The Kier molecular flexibility index (Phi) is 8.04. The standard InChI is InChI=1S/C23H25N3O2S2/c1-24-18-10-8-17(9-11-18)23(28)26-19(12-13-29-2)21(27)14-22-25-20(15-30-22)16-6-4-3-5-7-16/h3-11,15,19,24H,12-14H2,1-2H3,(H,26,28)/t19-/m0/s1. The van der Waals surface area contributed by atoms with E-state index in [2.05, 4.69) is 15.6 Å². The summed E-state index contributed by atoms with van der Waals surface area (Å²) < 4.78 is 0. The van der Waals surface area contributed by atoms with Crippen molar-refractivity contribution in [3.8, 4) is 11.3 Å². The lowest BCUT2D eigenvalue weighted by molar-refractivity contribution is -0.120. The van der Waals surface area contributed by atoms with Crippen LogP contribution in [0.1, 0.15) is 21.8 Å². The van der Waals surface area contributed by atoms with Crippen LogP contribution in [-0.4, -0.2) is 41.8 Å². The molecular formula is C23H25N3O2S2. The van der Waals surface area contributed by atoms with E-state index in [4.69, 9.17) is 0 Å². The molecule has 1 amide bonds. The van der Waals surface area contributed by atoms with Crippen LogP contribution in [-0.2, 0) is 11.2 Å². The topological polar surface area (TPSA) is 71.1 Å². The van der Waals surface area contributed by atoms with Gasteiger partial charge in [-0.15, -0.1) is 11.3 Å². The first-order valence-electron chi connectivity index (χ1n) is 9.71. The number of hydrogen-bond donors (Lipinski definition) is 2. The van der Waals surface area contributed by atoms with Gasteiger partial charge in [0.2, 0.25) is 0 Å². The maximum atomic E-state index is 13.0. The van der Waals surface area contributed by atoms with Crippen molar-refractivity contribution in [3.05, 3.63) is 70.5 Å². The number of aromatic nitrogens is 1. The second kappa shape index (κ2) is 10.9. The molecule has 0 aliphatic heterocycles. The van der Waals surface area contributed by atoms with E-state index in [-0.39, 0.29) is 18.1 Å². The molecule has 0 unspecified atom stereocenters. The summed E-state index contributed by atoms with van der Waals surface area (Å²) in [6.45, 7) is 0. The van der Waals surface area contributed by atoms with Gasteiger partial charge in [0.25, 0.3) is 5.91 Å². The van der Waals surface area contributed by atoms with Gasteiger partial charge in [-0.3, -0.25) is 9.59 Å². The molecule has 0 radical (unpaired) electrons. The smallest absolute Gasteiger partial charge is 0.251 e. The molecule has 0 saturated heterocycles. The predicted molar refractivity (Wildman–Crippen MR) is 127 cm³/mol. The van der Waals surface area contributed by atoms with Crippen LogP contribution in [0.3, 0.4) is 0 Å². The van der Waals surface area contributed by atoms with Crippen LogP contribution in [0.4, 0.5) is 5.69 Å². The van der Waals surface area contributed by atoms with E-state index >= 15 is 0 Å². The summed E-state index contributed by atoms with van der Waals surface area (Å²) >= 11 is 3.13. The first-order valence-corrected chi connectivity index (χ1v) is 12.0. The van der Waals surface area contributed by atoms with E-state index in [1.165, 1.54) is 11.3 Å². The number of carbonyl (C=O) groups is 2. The van der Waals surface area contributed by atoms with E-state index in [0.29, 0.717) is 12.0 Å². The monoisotopic (exact) mass is 439 g/mol. The molecule has 0 aliphatic rings. The second-order valence-corrected chi connectivity index (χ2v) is 8.70. The molecule has 0 bridgehead atoms. The minimum absolute atomic E-state index is 0.0155. The number of thioether (sulfide) groups is 1. The number of thiazole rings is 1. The Bertz CT molecular complexity index is 972. The van der Waals surface area contributed by atoms with E-state index < -0.39 is 6.04 Å². The maximum Gasteiger partial charge on any atom is 0.251 e. The number of hydrogen-bond acceptors (Lipinski definition) is 6. The number of rotatable bonds is 10. The minimum Gasteiger partial charge on any atom is -0.388 e. The van der Waals surface area contributed by atoms with Gasteiger partial charge in [0.05, 0.1) is 18.2 Å². The van der Waals surface area contributed by atoms with Gasteiger partial charge in [-0.2, -0.15) is 11.8 Å². The fourth-order valence-corrected chi connectivity index (χ4v) is 4.27. The van der Waals surface area contributed by atoms with Gasteiger partial charge in [-0.05, 0) is 42.7 Å². The quantitative estimate of drug-likeness (QED) is 0.486. The summed E-state index contributed by atoms with van der Waals surface area (Å²) in [6, 6.07) is 16.6. The number of Topliss-reactive ketones (excluding diaryl/α,β-unsaturated/α-hetero) is 1. The van der Waals surface area contributed by atoms with Gasteiger partial charge in [0.1, 0.15) is 5.01 Å². The fraction of sp³-hybridized carbons (Fsp3) is 0.261. The van der Waals surface area contributed by atoms with E-state index in [9.17, 15) is 9.59 Å². The van der Waals surface area contributed by atoms with Gasteiger partial charge in [-0.1, -0.05) is 30.3 Å². The third-order valence-electron chi connectivity index (χ3n) is 4.69. The lowest BCUT2D eigenvalue weighted by Crippen LogP contribution is -2.42. The van der Waals surface area contributed by atoms with Gasteiger partial charge in [0.15, 0.2) is 5.78 Å². The highest BCUT2D eigenvalue weighted by Crippen LogP contribution is 2.22. The summed E-state index contributed by atoms with van der Waals surface area (Å²) in [5, 5.41) is 8.68. The molecule has 1 heterocycles. The lowest BCUT2D eigenvalue weighted by Gasteiger charge is -2.17. The Labute approximate surface area is 185 Å². The number of amides is 1. The first-order chi connectivity index (χ1) is 14.6. The zero-order valence-electron chi connectivity index (χ0n) is 17.1. The minimum atomic E-state index is -0.530. The number of ketones is 1. The Morgan fingerprint density at radius 2 is 1.83 bits per heavy atom. The average Bonchev–Trinajstić information content (AvgIpc) is 3.25. The molecule has 0 spiro atoms. The molecule has 1 atom stereocenters. The van der Waals surface area contributed by atoms with Crippen LogP contribution in [0, 0.1) is 0 Å². The van der Waals surface area contributed by atoms with Crippen molar-refractivity contribution in [2.75, 3.05) is 24.4 Å². The Balaban J connectivity index is 1.67. The Hall–Kier alpha value is -2.64. The molecule has 156 valence electrons. The molecule has 1 aromatic heterocycles. The van der Waals surface area contributed by atoms with Gasteiger partial charge < -0.3 is 10.6 Å². The molecule has 2 N–H and O–H groups in total. The maximum absolute atomic E-state index is 13.0.